The second-order valence-corrected chi connectivity index (χ2v) is 10.2. The molecule has 0 atom stereocenters. The molecule has 0 unspecified atom stereocenters. The smallest absolute Gasteiger partial charge is 0.0142 e. The van der Waals surface area contributed by atoms with Crippen molar-refractivity contribution >= 4 is 34.5 Å². The zero-order valence-corrected chi connectivity index (χ0v) is 14.6. The van der Waals surface area contributed by atoms with E-state index in [1.165, 1.54) is 16.2 Å². The van der Waals surface area contributed by atoms with Gasteiger partial charge >= 0.3 is 0 Å². The zero-order valence-electron chi connectivity index (χ0n) is 12.9. The molecule has 0 aromatic heterocycles. The molecule has 0 nitrogen and oxygen atoms in total. The molecule has 3 aromatic rings. The molecule has 0 amide bonds. The number of rotatable bonds is 5. The van der Waals surface area contributed by atoms with E-state index in [2.05, 4.69) is 84.9 Å². The first-order valence-electron chi connectivity index (χ1n) is 7.71. The maximum Gasteiger partial charge on any atom is 0.0142 e. The van der Waals surface area contributed by atoms with Crippen molar-refractivity contribution in [2.45, 2.75) is 0 Å². The average Bonchev–Trinajstić information content (AvgIpc) is 2.64. The third-order valence-electron chi connectivity index (χ3n) is 3.82. The van der Waals surface area contributed by atoms with Crippen LogP contribution in [0.4, 0.5) is 0 Å². The molecule has 114 valence electrons. The summed E-state index contributed by atoms with van der Waals surface area (Å²) < 4.78 is 0. The molecule has 0 aliphatic heterocycles. The Morgan fingerprint density at radius 2 is 1.09 bits per heavy atom. The molecule has 3 aromatic carbocycles. The third-order valence-corrected chi connectivity index (χ3v) is 8.52. The van der Waals surface area contributed by atoms with Gasteiger partial charge in [-0.2, -0.15) is 0 Å². The van der Waals surface area contributed by atoms with Gasteiger partial charge in [0.05, 0.1) is 0 Å². The van der Waals surface area contributed by atoms with E-state index in [0.717, 1.165) is 6.16 Å². The van der Waals surface area contributed by atoms with Crippen LogP contribution in [0, 0.1) is 0 Å². The minimum Gasteiger partial charge on any atom is -0.0873 e. The highest BCUT2D eigenvalue weighted by Crippen LogP contribution is 2.43. The fourth-order valence-electron chi connectivity index (χ4n) is 2.60. The highest BCUT2D eigenvalue weighted by molar-refractivity contribution is 8.22. The van der Waals surface area contributed by atoms with Crippen molar-refractivity contribution in [2.75, 3.05) is 6.16 Å². The summed E-state index contributed by atoms with van der Waals surface area (Å²) in [6.07, 6.45) is 5.30. The van der Waals surface area contributed by atoms with Crippen molar-refractivity contribution in [1.82, 2.24) is 0 Å². The lowest BCUT2D eigenvalue weighted by atomic mass is 10.2. The second kappa shape index (κ2) is 7.55. The van der Waals surface area contributed by atoms with Gasteiger partial charge < -0.3 is 0 Å². The largest absolute Gasteiger partial charge is 0.0873 e. The van der Waals surface area contributed by atoms with Gasteiger partial charge in [0.1, 0.15) is 0 Å². The predicted molar refractivity (Wildman–Crippen MR) is 107 cm³/mol. The number of benzene rings is 3. The van der Waals surface area contributed by atoms with Gasteiger partial charge in [-0.1, -0.05) is 115 Å². The van der Waals surface area contributed by atoms with Gasteiger partial charge in [-0.25, -0.2) is 0 Å². The van der Waals surface area contributed by atoms with Crippen molar-refractivity contribution in [3.63, 3.8) is 0 Å². The summed E-state index contributed by atoms with van der Waals surface area (Å²) in [7, 11) is 0. The number of allylic oxidation sites excluding steroid dienone is 1. The molecule has 0 heterocycles. The van der Waals surface area contributed by atoms with Gasteiger partial charge in [0.25, 0.3) is 0 Å². The molecule has 0 aliphatic carbocycles. The van der Waals surface area contributed by atoms with Crippen LogP contribution < -0.4 is 10.6 Å². The standard InChI is InChI=1S/C21H19PS/c23-22(20-14-6-2-7-15-20,21-16-8-3-9-17-21)18-10-13-19-11-4-1-5-12-19/h1-17H,18H2. The topological polar surface area (TPSA) is 0 Å². The Labute approximate surface area is 143 Å². The summed E-state index contributed by atoms with van der Waals surface area (Å²) in [6.45, 7) is 0. The summed E-state index contributed by atoms with van der Waals surface area (Å²) in [4.78, 5) is 0. The van der Waals surface area contributed by atoms with Gasteiger partial charge in [-0.05, 0) is 16.2 Å². The predicted octanol–water partition coefficient (Wildman–Crippen LogP) is 4.83. The van der Waals surface area contributed by atoms with Crippen LogP contribution in [-0.2, 0) is 11.8 Å². The minimum atomic E-state index is -1.81. The molecule has 0 saturated heterocycles. The summed E-state index contributed by atoms with van der Waals surface area (Å²) in [5, 5.41) is 2.55. The maximum atomic E-state index is 6.21. The van der Waals surface area contributed by atoms with Crippen molar-refractivity contribution in [3.8, 4) is 0 Å². The first kappa shape index (κ1) is 15.9. The molecule has 23 heavy (non-hydrogen) atoms. The van der Waals surface area contributed by atoms with Crippen molar-refractivity contribution in [3.05, 3.63) is 103 Å². The van der Waals surface area contributed by atoms with E-state index in [9.17, 15) is 0 Å². The molecule has 0 spiro atoms. The van der Waals surface area contributed by atoms with Crippen LogP contribution in [0.5, 0.6) is 0 Å². The van der Waals surface area contributed by atoms with E-state index in [-0.39, 0.29) is 0 Å². The van der Waals surface area contributed by atoms with Crippen LogP contribution in [0.2, 0.25) is 0 Å². The normalized spacial score (nSPS) is 11.7. The molecule has 2 heteroatoms. The molecule has 0 aliphatic rings. The van der Waals surface area contributed by atoms with E-state index >= 15 is 0 Å². The van der Waals surface area contributed by atoms with E-state index in [1.54, 1.807) is 0 Å². The quantitative estimate of drug-likeness (QED) is 0.602. The molecule has 0 N–H and O–H groups in total. The monoisotopic (exact) mass is 334 g/mol. The molecule has 0 fully saturated rings. The van der Waals surface area contributed by atoms with Crippen LogP contribution in [-0.4, -0.2) is 6.16 Å². The lowest BCUT2D eigenvalue weighted by Gasteiger charge is -2.21. The fourth-order valence-corrected chi connectivity index (χ4v) is 6.02. The van der Waals surface area contributed by atoms with E-state index < -0.39 is 6.04 Å². The van der Waals surface area contributed by atoms with Crippen LogP contribution in [0.3, 0.4) is 0 Å². The van der Waals surface area contributed by atoms with Crippen molar-refractivity contribution < 1.29 is 0 Å². The lowest BCUT2D eigenvalue weighted by Crippen LogP contribution is -2.17. The Bertz CT molecular complexity index is 765. The average molecular weight is 334 g/mol. The molecule has 3 rings (SSSR count). The van der Waals surface area contributed by atoms with Crippen LogP contribution in [0.15, 0.2) is 97.1 Å². The Hall–Kier alpha value is -1.95. The Kier molecular flexibility index (Phi) is 5.23. The van der Waals surface area contributed by atoms with Gasteiger partial charge in [0, 0.05) is 12.2 Å². The van der Waals surface area contributed by atoms with Gasteiger partial charge in [-0.15, -0.1) is 0 Å². The van der Waals surface area contributed by atoms with Crippen molar-refractivity contribution in [2.24, 2.45) is 0 Å². The van der Waals surface area contributed by atoms with Crippen molar-refractivity contribution in [1.29, 1.82) is 0 Å². The molecule has 0 bridgehead atoms. The number of hydrogen-bond donors (Lipinski definition) is 0. The van der Waals surface area contributed by atoms with Crippen LogP contribution >= 0.6 is 6.04 Å². The lowest BCUT2D eigenvalue weighted by molar-refractivity contribution is 1.64. The molecule has 0 radical (unpaired) electrons. The zero-order chi connectivity index (χ0) is 16.0. The Balaban J connectivity index is 1.94. The van der Waals surface area contributed by atoms with Gasteiger partial charge in [-0.3, -0.25) is 0 Å². The fraction of sp³-hybridized carbons (Fsp3) is 0.0476. The van der Waals surface area contributed by atoms with E-state index in [4.69, 9.17) is 11.8 Å². The highest BCUT2D eigenvalue weighted by Gasteiger charge is 2.20. The minimum absolute atomic E-state index is 0.894. The molecule has 0 saturated carbocycles. The number of hydrogen-bond acceptors (Lipinski definition) is 1. The summed E-state index contributed by atoms with van der Waals surface area (Å²) >= 11 is 6.21. The van der Waals surface area contributed by atoms with Crippen LogP contribution in [0.1, 0.15) is 5.56 Å². The molecular weight excluding hydrogens is 315 g/mol. The van der Waals surface area contributed by atoms with Crippen LogP contribution in [0.25, 0.3) is 6.08 Å². The highest BCUT2D eigenvalue weighted by atomic mass is 32.4. The van der Waals surface area contributed by atoms with Gasteiger partial charge in [0.15, 0.2) is 0 Å². The van der Waals surface area contributed by atoms with E-state index in [0.29, 0.717) is 0 Å². The molecular formula is C21H19PS. The van der Waals surface area contributed by atoms with E-state index in [1.807, 2.05) is 18.2 Å². The SMILES string of the molecule is S=P(CC=Cc1ccccc1)(c1ccccc1)c1ccccc1. The Morgan fingerprint density at radius 1 is 0.652 bits per heavy atom. The first-order valence-corrected chi connectivity index (χ1v) is 10.7. The van der Waals surface area contributed by atoms with Gasteiger partial charge in [0.2, 0.25) is 0 Å². The first-order chi connectivity index (χ1) is 11.3. The summed E-state index contributed by atoms with van der Waals surface area (Å²) in [5.74, 6) is 0. The Morgan fingerprint density at radius 3 is 1.57 bits per heavy atom. The summed E-state index contributed by atoms with van der Waals surface area (Å²) in [6, 6.07) is 29.7. The summed E-state index contributed by atoms with van der Waals surface area (Å²) in [5.41, 5.74) is 1.22. The second-order valence-electron chi connectivity index (χ2n) is 5.41. The third kappa shape index (κ3) is 3.88. The maximum absolute atomic E-state index is 6.21.